The number of hydrogen-bond donors (Lipinski definition) is 2. The molecule has 6 nitrogen and oxygen atoms in total. The molecule has 0 radical (unpaired) electrons. The van der Waals surface area contributed by atoms with Crippen LogP contribution in [0.2, 0.25) is 0 Å². The fourth-order valence-electron chi connectivity index (χ4n) is 2.04. The van der Waals surface area contributed by atoms with E-state index >= 15 is 0 Å². The number of carbonyl (C=O) groups excluding carboxylic acids is 2. The van der Waals surface area contributed by atoms with Gasteiger partial charge in [-0.2, -0.15) is 0 Å². The maximum Gasteiger partial charge on any atom is 0.274 e. The molecule has 2 N–H and O–H groups in total. The lowest BCUT2D eigenvalue weighted by Crippen LogP contribution is -2.28. The molecule has 0 aliphatic carbocycles. The monoisotopic (exact) mass is 256 g/mol. The summed E-state index contributed by atoms with van der Waals surface area (Å²) in [5.41, 5.74) is 2.30. The van der Waals surface area contributed by atoms with E-state index in [-0.39, 0.29) is 11.8 Å². The van der Waals surface area contributed by atoms with Crippen LogP contribution in [0, 0.1) is 0 Å². The SMILES string of the molecule is O=C1C=C(NCCn2cnc3ccccc32)C(=O)N1. The zero-order valence-corrected chi connectivity index (χ0v) is 10.1. The van der Waals surface area contributed by atoms with E-state index in [1.807, 2.05) is 28.8 Å². The zero-order chi connectivity index (χ0) is 13.2. The van der Waals surface area contributed by atoms with Gasteiger partial charge in [0.1, 0.15) is 5.70 Å². The third-order valence-electron chi connectivity index (χ3n) is 2.95. The van der Waals surface area contributed by atoms with Crippen molar-refractivity contribution in [2.45, 2.75) is 6.54 Å². The predicted octanol–water partition coefficient (Wildman–Crippen LogP) is 0.166. The summed E-state index contributed by atoms with van der Waals surface area (Å²) in [6.45, 7) is 1.21. The summed E-state index contributed by atoms with van der Waals surface area (Å²) in [5, 5.41) is 5.13. The molecule has 0 unspecified atom stereocenters. The Bertz CT molecular complexity index is 687. The Balaban J connectivity index is 1.65. The number of nitrogens with one attached hydrogen (secondary N) is 2. The number of hydrogen-bond acceptors (Lipinski definition) is 4. The molecule has 1 aliphatic heterocycles. The maximum atomic E-state index is 11.3. The number of aromatic nitrogens is 2. The Morgan fingerprint density at radius 1 is 1.26 bits per heavy atom. The highest BCUT2D eigenvalue weighted by Crippen LogP contribution is 2.11. The molecule has 1 aliphatic rings. The number of imidazole rings is 1. The number of amides is 2. The molecular formula is C13H12N4O2. The van der Waals surface area contributed by atoms with Crippen molar-refractivity contribution in [3.63, 3.8) is 0 Å². The van der Waals surface area contributed by atoms with Crippen molar-refractivity contribution in [3.05, 3.63) is 42.4 Å². The third-order valence-corrected chi connectivity index (χ3v) is 2.95. The van der Waals surface area contributed by atoms with Crippen LogP contribution in [-0.2, 0) is 16.1 Å². The molecule has 0 atom stereocenters. The minimum Gasteiger partial charge on any atom is -0.379 e. The van der Waals surface area contributed by atoms with E-state index in [1.165, 1.54) is 6.08 Å². The van der Waals surface area contributed by atoms with E-state index in [1.54, 1.807) is 6.33 Å². The number of benzene rings is 1. The number of rotatable bonds is 4. The average molecular weight is 256 g/mol. The minimum absolute atomic E-state index is 0.314. The summed E-state index contributed by atoms with van der Waals surface area (Å²) in [4.78, 5) is 26.6. The Labute approximate surface area is 109 Å². The van der Waals surface area contributed by atoms with Crippen molar-refractivity contribution >= 4 is 22.8 Å². The van der Waals surface area contributed by atoms with E-state index in [2.05, 4.69) is 15.6 Å². The Kier molecular flexibility index (Phi) is 2.75. The molecule has 1 aromatic heterocycles. The molecule has 19 heavy (non-hydrogen) atoms. The summed E-state index contributed by atoms with van der Waals surface area (Å²) in [6, 6.07) is 7.84. The van der Waals surface area contributed by atoms with Crippen LogP contribution in [0.3, 0.4) is 0 Å². The first kappa shape index (κ1) is 11.5. The summed E-state index contributed by atoms with van der Waals surface area (Å²) in [6.07, 6.45) is 3.04. The second-order valence-electron chi connectivity index (χ2n) is 4.23. The molecule has 6 heteroatoms. The van der Waals surface area contributed by atoms with Crippen LogP contribution >= 0.6 is 0 Å². The van der Waals surface area contributed by atoms with Gasteiger partial charge in [0.2, 0.25) is 0 Å². The maximum absolute atomic E-state index is 11.3. The largest absolute Gasteiger partial charge is 0.379 e. The van der Waals surface area contributed by atoms with E-state index in [9.17, 15) is 9.59 Å². The van der Waals surface area contributed by atoms with Crippen molar-refractivity contribution < 1.29 is 9.59 Å². The van der Waals surface area contributed by atoms with Crippen molar-refractivity contribution in [2.75, 3.05) is 6.54 Å². The van der Waals surface area contributed by atoms with Gasteiger partial charge in [0.15, 0.2) is 0 Å². The third kappa shape index (κ3) is 2.20. The quantitative estimate of drug-likeness (QED) is 0.764. The van der Waals surface area contributed by atoms with E-state index in [4.69, 9.17) is 0 Å². The van der Waals surface area contributed by atoms with Crippen LogP contribution < -0.4 is 10.6 Å². The Hall–Kier alpha value is -2.63. The van der Waals surface area contributed by atoms with E-state index < -0.39 is 0 Å². The van der Waals surface area contributed by atoms with Gasteiger partial charge in [-0.05, 0) is 12.1 Å². The first-order valence-corrected chi connectivity index (χ1v) is 5.95. The minimum atomic E-state index is -0.375. The standard InChI is InChI=1S/C13H12N4O2/c18-12-7-10(13(19)16-12)14-5-6-17-8-15-9-3-1-2-4-11(9)17/h1-4,7-8H,5-6H2,(H2,14,16,18,19). The van der Waals surface area contributed by atoms with Gasteiger partial charge in [0, 0.05) is 19.2 Å². The van der Waals surface area contributed by atoms with Gasteiger partial charge in [0.05, 0.1) is 17.4 Å². The fraction of sp³-hybridized carbons (Fsp3) is 0.154. The van der Waals surface area contributed by atoms with Gasteiger partial charge in [-0.3, -0.25) is 14.9 Å². The summed E-state index contributed by atoms with van der Waals surface area (Å²) < 4.78 is 2.00. The predicted molar refractivity (Wildman–Crippen MR) is 69.0 cm³/mol. The molecule has 96 valence electrons. The number of para-hydroxylation sites is 2. The van der Waals surface area contributed by atoms with Gasteiger partial charge < -0.3 is 9.88 Å². The van der Waals surface area contributed by atoms with Crippen LogP contribution in [0.25, 0.3) is 11.0 Å². The molecule has 2 amide bonds. The molecular weight excluding hydrogens is 244 g/mol. The Morgan fingerprint density at radius 2 is 2.11 bits per heavy atom. The molecule has 0 spiro atoms. The van der Waals surface area contributed by atoms with Crippen molar-refractivity contribution in [1.82, 2.24) is 20.2 Å². The first-order chi connectivity index (χ1) is 9.24. The van der Waals surface area contributed by atoms with Gasteiger partial charge >= 0.3 is 0 Å². The highest BCUT2D eigenvalue weighted by Gasteiger charge is 2.19. The van der Waals surface area contributed by atoms with Gasteiger partial charge in [-0.15, -0.1) is 0 Å². The first-order valence-electron chi connectivity index (χ1n) is 5.95. The molecule has 1 aromatic carbocycles. The number of nitrogens with zero attached hydrogens (tertiary/aromatic N) is 2. The molecule has 0 saturated heterocycles. The zero-order valence-electron chi connectivity index (χ0n) is 10.1. The molecule has 2 heterocycles. The Morgan fingerprint density at radius 3 is 2.89 bits per heavy atom. The summed E-state index contributed by atoms with van der Waals surface area (Å²) >= 11 is 0. The van der Waals surface area contributed by atoms with Gasteiger partial charge in [-0.1, -0.05) is 12.1 Å². The normalized spacial score (nSPS) is 14.6. The second-order valence-corrected chi connectivity index (χ2v) is 4.23. The van der Waals surface area contributed by atoms with Crippen LogP contribution in [0.15, 0.2) is 42.4 Å². The summed E-state index contributed by atoms with van der Waals surface area (Å²) in [7, 11) is 0. The molecule has 0 fully saturated rings. The van der Waals surface area contributed by atoms with Crippen molar-refractivity contribution in [2.24, 2.45) is 0 Å². The second kappa shape index (κ2) is 4.56. The number of carbonyl (C=O) groups is 2. The molecule has 0 saturated carbocycles. The van der Waals surface area contributed by atoms with Crippen LogP contribution in [-0.4, -0.2) is 27.9 Å². The van der Waals surface area contributed by atoms with Gasteiger partial charge in [0.25, 0.3) is 11.8 Å². The highest BCUT2D eigenvalue weighted by molar-refractivity contribution is 6.15. The van der Waals surface area contributed by atoms with Crippen LogP contribution in [0.1, 0.15) is 0 Å². The molecule has 0 bridgehead atoms. The smallest absolute Gasteiger partial charge is 0.274 e. The van der Waals surface area contributed by atoms with E-state index in [0.29, 0.717) is 18.8 Å². The lowest BCUT2D eigenvalue weighted by atomic mass is 10.3. The van der Waals surface area contributed by atoms with Crippen molar-refractivity contribution in [1.29, 1.82) is 0 Å². The van der Waals surface area contributed by atoms with Crippen LogP contribution in [0.4, 0.5) is 0 Å². The van der Waals surface area contributed by atoms with E-state index in [0.717, 1.165) is 11.0 Å². The topological polar surface area (TPSA) is 76.0 Å². The average Bonchev–Trinajstić information content (AvgIpc) is 2.94. The number of imide groups is 1. The summed E-state index contributed by atoms with van der Waals surface area (Å²) in [5.74, 6) is -0.749. The van der Waals surface area contributed by atoms with Gasteiger partial charge in [-0.25, -0.2) is 4.98 Å². The highest BCUT2D eigenvalue weighted by atomic mass is 16.2. The molecule has 3 rings (SSSR count). The lowest BCUT2D eigenvalue weighted by molar-refractivity contribution is -0.124. The lowest BCUT2D eigenvalue weighted by Gasteiger charge is -2.07. The van der Waals surface area contributed by atoms with Crippen molar-refractivity contribution in [3.8, 4) is 0 Å². The van der Waals surface area contributed by atoms with Crippen LogP contribution in [0.5, 0.6) is 0 Å². The number of fused-ring (bicyclic) bond motifs is 1. The fourth-order valence-corrected chi connectivity index (χ4v) is 2.04. The molecule has 2 aromatic rings.